The third-order valence-corrected chi connectivity index (χ3v) is 4.55. The molecule has 2 heteroatoms. The molecular formula is C14H23NS. The lowest BCUT2D eigenvalue weighted by molar-refractivity contribution is 0.445. The third-order valence-electron chi connectivity index (χ3n) is 3.67. The molecule has 0 aromatic carbocycles. The van der Waals surface area contributed by atoms with Gasteiger partial charge in [0, 0.05) is 4.88 Å². The van der Waals surface area contributed by atoms with Crippen LogP contribution >= 0.6 is 11.3 Å². The highest BCUT2D eigenvalue weighted by molar-refractivity contribution is 7.10. The van der Waals surface area contributed by atoms with Crippen molar-refractivity contribution in [1.82, 2.24) is 5.32 Å². The molecule has 0 amide bonds. The minimum atomic E-state index is 0.828. The summed E-state index contributed by atoms with van der Waals surface area (Å²) >= 11 is 1.90. The predicted octanol–water partition coefficient (Wildman–Crippen LogP) is 3.94. The lowest BCUT2D eigenvalue weighted by Crippen LogP contribution is -2.25. The summed E-state index contributed by atoms with van der Waals surface area (Å²) in [5.41, 5.74) is 1.60. The Hall–Kier alpha value is -0.340. The van der Waals surface area contributed by atoms with E-state index in [4.69, 9.17) is 0 Å². The molecule has 1 aliphatic carbocycles. The predicted molar refractivity (Wildman–Crippen MR) is 72.3 cm³/mol. The van der Waals surface area contributed by atoms with Gasteiger partial charge in [-0.3, -0.25) is 0 Å². The van der Waals surface area contributed by atoms with Gasteiger partial charge in [-0.1, -0.05) is 13.3 Å². The second kappa shape index (κ2) is 5.83. The summed E-state index contributed by atoms with van der Waals surface area (Å²) < 4.78 is 0. The van der Waals surface area contributed by atoms with Gasteiger partial charge in [0.15, 0.2) is 0 Å². The van der Waals surface area contributed by atoms with Crippen molar-refractivity contribution < 1.29 is 0 Å². The van der Waals surface area contributed by atoms with E-state index < -0.39 is 0 Å². The zero-order valence-corrected chi connectivity index (χ0v) is 11.3. The zero-order valence-electron chi connectivity index (χ0n) is 10.5. The van der Waals surface area contributed by atoms with Gasteiger partial charge < -0.3 is 5.32 Å². The molecule has 2 unspecified atom stereocenters. The lowest BCUT2D eigenvalue weighted by atomic mass is 9.90. The zero-order chi connectivity index (χ0) is 11.4. The Morgan fingerprint density at radius 2 is 2.31 bits per heavy atom. The van der Waals surface area contributed by atoms with Crippen molar-refractivity contribution in [2.24, 2.45) is 5.92 Å². The molecule has 1 fully saturated rings. The van der Waals surface area contributed by atoms with Crippen molar-refractivity contribution in [2.75, 3.05) is 13.1 Å². The Kier molecular flexibility index (Phi) is 4.42. The molecule has 1 saturated carbocycles. The molecule has 1 nitrogen and oxygen atoms in total. The van der Waals surface area contributed by atoms with Crippen molar-refractivity contribution in [3.63, 3.8) is 0 Å². The smallest absolute Gasteiger partial charge is 0.00171 e. The van der Waals surface area contributed by atoms with Crippen molar-refractivity contribution in [1.29, 1.82) is 0 Å². The number of rotatable bonds is 5. The molecule has 2 rings (SSSR count). The van der Waals surface area contributed by atoms with E-state index in [1.54, 1.807) is 5.56 Å². The number of hydrogen-bond donors (Lipinski definition) is 1. The molecule has 2 atom stereocenters. The van der Waals surface area contributed by atoms with E-state index in [0.29, 0.717) is 0 Å². The molecule has 0 spiro atoms. The van der Waals surface area contributed by atoms with E-state index >= 15 is 0 Å². The number of aryl methyl sites for hydroxylation is 1. The highest BCUT2D eigenvalue weighted by Crippen LogP contribution is 2.40. The van der Waals surface area contributed by atoms with E-state index in [2.05, 4.69) is 30.6 Å². The SMILES string of the molecule is CCCNCC1CCCC1c1csc(C)c1. The first-order valence-electron chi connectivity index (χ1n) is 6.57. The topological polar surface area (TPSA) is 12.0 Å². The van der Waals surface area contributed by atoms with Crippen LogP contribution in [0.5, 0.6) is 0 Å². The van der Waals surface area contributed by atoms with Gasteiger partial charge in [0.1, 0.15) is 0 Å². The van der Waals surface area contributed by atoms with Gasteiger partial charge >= 0.3 is 0 Å². The minimum Gasteiger partial charge on any atom is -0.316 e. The summed E-state index contributed by atoms with van der Waals surface area (Å²) in [7, 11) is 0. The van der Waals surface area contributed by atoms with Crippen LogP contribution in [-0.4, -0.2) is 13.1 Å². The van der Waals surface area contributed by atoms with Crippen molar-refractivity contribution >= 4 is 11.3 Å². The maximum Gasteiger partial charge on any atom is 0.00171 e. The summed E-state index contributed by atoms with van der Waals surface area (Å²) in [5, 5.41) is 5.96. The van der Waals surface area contributed by atoms with E-state index in [0.717, 1.165) is 11.8 Å². The molecule has 90 valence electrons. The van der Waals surface area contributed by atoms with Gasteiger partial charge in [-0.25, -0.2) is 0 Å². The molecule has 0 radical (unpaired) electrons. The number of hydrogen-bond acceptors (Lipinski definition) is 2. The molecule has 1 aromatic heterocycles. The van der Waals surface area contributed by atoms with Crippen LogP contribution in [0.1, 0.15) is 49.0 Å². The van der Waals surface area contributed by atoms with E-state index in [1.165, 1.54) is 43.6 Å². The van der Waals surface area contributed by atoms with Gasteiger partial charge in [0.2, 0.25) is 0 Å². The van der Waals surface area contributed by atoms with E-state index in [-0.39, 0.29) is 0 Å². The summed E-state index contributed by atoms with van der Waals surface area (Å²) in [5.74, 6) is 1.70. The van der Waals surface area contributed by atoms with E-state index in [9.17, 15) is 0 Å². The first-order valence-corrected chi connectivity index (χ1v) is 7.45. The second-order valence-corrected chi connectivity index (χ2v) is 6.11. The quantitative estimate of drug-likeness (QED) is 0.765. The van der Waals surface area contributed by atoms with Crippen LogP contribution in [0.25, 0.3) is 0 Å². The normalized spacial score (nSPS) is 25.1. The first kappa shape index (κ1) is 12.1. The Balaban J connectivity index is 1.92. The largest absolute Gasteiger partial charge is 0.316 e. The molecule has 1 heterocycles. The molecule has 1 N–H and O–H groups in total. The van der Waals surface area contributed by atoms with Crippen LogP contribution < -0.4 is 5.32 Å². The van der Waals surface area contributed by atoms with Gasteiger partial charge in [-0.05, 0) is 68.1 Å². The van der Waals surface area contributed by atoms with Crippen LogP contribution in [0.15, 0.2) is 11.4 Å². The molecule has 0 aliphatic heterocycles. The fraction of sp³-hybridized carbons (Fsp3) is 0.714. The van der Waals surface area contributed by atoms with Crippen LogP contribution in [0.4, 0.5) is 0 Å². The average Bonchev–Trinajstić information content (AvgIpc) is 2.87. The molecule has 1 aromatic rings. The minimum absolute atomic E-state index is 0.828. The van der Waals surface area contributed by atoms with Gasteiger partial charge in [-0.2, -0.15) is 0 Å². The Morgan fingerprint density at radius 1 is 1.44 bits per heavy atom. The lowest BCUT2D eigenvalue weighted by Gasteiger charge is -2.19. The van der Waals surface area contributed by atoms with Gasteiger partial charge in [0.05, 0.1) is 0 Å². The summed E-state index contributed by atoms with van der Waals surface area (Å²) in [6.45, 7) is 6.84. The van der Waals surface area contributed by atoms with Crippen molar-refractivity contribution in [2.45, 2.75) is 45.4 Å². The van der Waals surface area contributed by atoms with Crippen LogP contribution in [-0.2, 0) is 0 Å². The van der Waals surface area contributed by atoms with Crippen LogP contribution in [0.2, 0.25) is 0 Å². The first-order chi connectivity index (χ1) is 7.81. The highest BCUT2D eigenvalue weighted by Gasteiger charge is 2.28. The number of thiophene rings is 1. The van der Waals surface area contributed by atoms with Gasteiger partial charge in [0.25, 0.3) is 0 Å². The maximum absolute atomic E-state index is 3.59. The number of nitrogens with one attached hydrogen (secondary N) is 1. The fourth-order valence-electron chi connectivity index (χ4n) is 2.84. The van der Waals surface area contributed by atoms with Crippen LogP contribution in [0.3, 0.4) is 0 Å². The summed E-state index contributed by atoms with van der Waals surface area (Å²) in [6, 6.07) is 2.40. The standard InChI is InChI=1S/C14H23NS/c1-3-7-15-9-12-5-4-6-14(12)13-8-11(2)16-10-13/h8,10,12,14-15H,3-7,9H2,1-2H3. The Bertz CT molecular complexity index is 318. The van der Waals surface area contributed by atoms with E-state index in [1.807, 2.05) is 11.3 Å². The van der Waals surface area contributed by atoms with Gasteiger partial charge in [-0.15, -0.1) is 11.3 Å². The van der Waals surface area contributed by atoms with Crippen molar-refractivity contribution in [3.8, 4) is 0 Å². The maximum atomic E-state index is 3.59. The highest BCUT2D eigenvalue weighted by atomic mass is 32.1. The summed E-state index contributed by atoms with van der Waals surface area (Å²) in [4.78, 5) is 1.46. The summed E-state index contributed by atoms with van der Waals surface area (Å²) in [6.07, 6.45) is 5.47. The Morgan fingerprint density at radius 3 is 3.00 bits per heavy atom. The third kappa shape index (κ3) is 2.86. The second-order valence-electron chi connectivity index (χ2n) is 4.99. The monoisotopic (exact) mass is 237 g/mol. The molecule has 0 bridgehead atoms. The molecule has 0 saturated heterocycles. The molecule has 1 aliphatic rings. The average molecular weight is 237 g/mol. The molecular weight excluding hydrogens is 214 g/mol. The fourth-order valence-corrected chi connectivity index (χ4v) is 3.61. The van der Waals surface area contributed by atoms with Crippen molar-refractivity contribution in [3.05, 3.63) is 21.9 Å². The Labute approximate surface area is 103 Å². The van der Waals surface area contributed by atoms with Crippen LogP contribution in [0, 0.1) is 12.8 Å². The molecule has 16 heavy (non-hydrogen) atoms.